The van der Waals surface area contributed by atoms with Gasteiger partial charge < -0.3 is 9.31 Å². The molecule has 25 heavy (non-hydrogen) atoms. The van der Waals surface area contributed by atoms with Crippen LogP contribution in [0.2, 0.25) is 0 Å². The molecular formula is C20H14BO4. The quantitative estimate of drug-likeness (QED) is 0.808. The Balaban J connectivity index is 1.48. The van der Waals surface area contributed by atoms with Crippen molar-refractivity contribution in [3.63, 3.8) is 0 Å². The van der Waals surface area contributed by atoms with E-state index in [0.29, 0.717) is 0 Å². The minimum absolute atomic E-state index is 0.159. The predicted octanol–water partition coefficient (Wildman–Crippen LogP) is 3.23. The van der Waals surface area contributed by atoms with Crippen molar-refractivity contribution in [2.24, 2.45) is 0 Å². The summed E-state index contributed by atoms with van der Waals surface area (Å²) in [5.41, 5.74) is 3.43. The normalized spacial score (nSPS) is 21.0. The molecule has 0 bridgehead atoms. The van der Waals surface area contributed by atoms with E-state index in [0.717, 1.165) is 29.9 Å². The molecule has 2 aromatic rings. The Labute approximate surface area is 146 Å². The van der Waals surface area contributed by atoms with Crippen LogP contribution in [0.3, 0.4) is 0 Å². The second-order valence-electron chi connectivity index (χ2n) is 5.86. The number of fused-ring (bicyclic) bond motifs is 2. The molecule has 4 nitrogen and oxygen atoms in total. The molecule has 4 rings (SSSR count). The number of carbonyl (C=O) groups excluding carboxylic acids is 2. The molecule has 2 aromatic carbocycles. The summed E-state index contributed by atoms with van der Waals surface area (Å²) in [4.78, 5) is 24.3. The fourth-order valence-corrected chi connectivity index (χ4v) is 3.05. The first-order chi connectivity index (χ1) is 12.2. The van der Waals surface area contributed by atoms with Gasteiger partial charge in [0.05, 0.1) is 0 Å². The first kappa shape index (κ1) is 15.8. The van der Waals surface area contributed by atoms with Crippen molar-refractivity contribution in [2.75, 3.05) is 0 Å². The fraction of sp³-hybridized carbons (Fsp3) is 0.100. The maximum atomic E-state index is 12.1. The Bertz CT molecular complexity index is 827. The lowest BCUT2D eigenvalue weighted by Gasteiger charge is -2.23. The molecule has 2 aliphatic rings. The Kier molecular flexibility index (Phi) is 4.18. The Morgan fingerprint density at radius 1 is 0.640 bits per heavy atom. The summed E-state index contributed by atoms with van der Waals surface area (Å²) in [5, 5.41) is 0. The average molecular weight is 329 g/mol. The molecule has 5 heteroatoms. The summed E-state index contributed by atoms with van der Waals surface area (Å²) in [7, 11) is 1.11. The summed E-state index contributed by atoms with van der Waals surface area (Å²) in [6.45, 7) is 0. The summed E-state index contributed by atoms with van der Waals surface area (Å²) in [5.74, 6) is -0.317. The zero-order valence-corrected chi connectivity index (χ0v) is 13.3. The lowest BCUT2D eigenvalue weighted by atomic mass is 9.92. The van der Waals surface area contributed by atoms with Crippen LogP contribution < -0.4 is 0 Å². The number of hydrogen-bond acceptors (Lipinski definition) is 4. The summed E-state index contributed by atoms with van der Waals surface area (Å²) >= 11 is 0. The van der Waals surface area contributed by atoms with Gasteiger partial charge in [0, 0.05) is 0 Å². The van der Waals surface area contributed by atoms with E-state index in [2.05, 4.69) is 0 Å². The van der Waals surface area contributed by atoms with Crippen LogP contribution in [0.5, 0.6) is 0 Å². The van der Waals surface area contributed by atoms with E-state index in [-0.39, 0.29) is 11.6 Å². The molecule has 0 spiro atoms. The maximum Gasteiger partial charge on any atom is 0.489 e. The average Bonchev–Trinajstić information content (AvgIpc) is 2.65. The molecule has 121 valence electrons. The van der Waals surface area contributed by atoms with Gasteiger partial charge in [0.1, 0.15) is 12.2 Å². The van der Waals surface area contributed by atoms with Crippen LogP contribution in [0, 0.1) is 0 Å². The van der Waals surface area contributed by atoms with Gasteiger partial charge in [0.2, 0.25) is 0 Å². The van der Waals surface area contributed by atoms with Gasteiger partial charge in [-0.15, -0.1) is 0 Å². The third kappa shape index (κ3) is 3.00. The van der Waals surface area contributed by atoms with Crippen molar-refractivity contribution < 1.29 is 18.9 Å². The van der Waals surface area contributed by atoms with Crippen molar-refractivity contribution in [2.45, 2.75) is 12.2 Å². The predicted molar refractivity (Wildman–Crippen MR) is 94.4 cm³/mol. The smallest absolute Gasteiger partial charge is 0.399 e. The summed E-state index contributed by atoms with van der Waals surface area (Å²) < 4.78 is 11.1. The van der Waals surface area contributed by atoms with Crippen molar-refractivity contribution in [3.05, 3.63) is 82.9 Å². The van der Waals surface area contributed by atoms with E-state index >= 15 is 0 Å². The van der Waals surface area contributed by atoms with Crippen molar-refractivity contribution >= 4 is 31.4 Å². The van der Waals surface area contributed by atoms with Crippen LogP contribution in [-0.4, -0.2) is 19.3 Å². The third-order valence-electron chi connectivity index (χ3n) is 4.31. The molecule has 2 aliphatic carbocycles. The van der Waals surface area contributed by atoms with E-state index in [9.17, 15) is 9.59 Å². The lowest BCUT2D eigenvalue weighted by molar-refractivity contribution is -0.123. The lowest BCUT2D eigenvalue weighted by Crippen LogP contribution is -2.25. The number of benzene rings is 2. The molecule has 2 unspecified atom stereocenters. The first-order valence-electron chi connectivity index (χ1n) is 7.98. The zero-order chi connectivity index (χ0) is 17.2. The Morgan fingerprint density at radius 3 is 1.56 bits per heavy atom. The number of rotatable bonds is 4. The monoisotopic (exact) mass is 329 g/mol. The summed E-state index contributed by atoms with van der Waals surface area (Å²) in [6.07, 6.45) is 5.00. The molecule has 0 heterocycles. The van der Waals surface area contributed by atoms with Crippen LogP contribution in [0.25, 0.3) is 12.2 Å². The SMILES string of the molecule is O=C1C=Cc2ccccc2C1O[B]OC1C(=O)C=Cc2ccccc21. The first-order valence-corrected chi connectivity index (χ1v) is 7.98. The van der Waals surface area contributed by atoms with Crippen molar-refractivity contribution in [1.29, 1.82) is 0 Å². The second kappa shape index (κ2) is 6.63. The highest BCUT2D eigenvalue weighted by Crippen LogP contribution is 2.30. The van der Waals surface area contributed by atoms with Crippen molar-refractivity contribution in [1.82, 2.24) is 0 Å². The zero-order valence-electron chi connectivity index (χ0n) is 13.3. The number of hydrogen-bond donors (Lipinski definition) is 0. The van der Waals surface area contributed by atoms with Gasteiger partial charge in [-0.1, -0.05) is 60.7 Å². The molecule has 1 radical (unpaired) electrons. The van der Waals surface area contributed by atoms with E-state index < -0.39 is 12.2 Å². The summed E-state index contributed by atoms with van der Waals surface area (Å²) in [6, 6.07) is 15.0. The van der Waals surface area contributed by atoms with Crippen LogP contribution in [0.1, 0.15) is 34.5 Å². The highest BCUT2D eigenvalue weighted by atomic mass is 16.6. The van der Waals surface area contributed by atoms with Gasteiger partial charge >= 0.3 is 7.69 Å². The molecule has 0 fully saturated rings. The fourth-order valence-electron chi connectivity index (χ4n) is 3.05. The van der Waals surface area contributed by atoms with Gasteiger partial charge in [0.25, 0.3) is 0 Å². The van der Waals surface area contributed by atoms with Gasteiger partial charge in [-0.25, -0.2) is 0 Å². The minimum atomic E-state index is -0.759. The number of ketones is 2. The van der Waals surface area contributed by atoms with Crippen molar-refractivity contribution in [3.8, 4) is 0 Å². The van der Waals surface area contributed by atoms with Gasteiger partial charge in [-0.3, -0.25) is 9.59 Å². The van der Waals surface area contributed by atoms with Crippen LogP contribution in [0.4, 0.5) is 0 Å². The van der Waals surface area contributed by atoms with E-state index in [1.165, 1.54) is 12.2 Å². The minimum Gasteiger partial charge on any atom is -0.399 e. The second-order valence-corrected chi connectivity index (χ2v) is 5.86. The van der Waals surface area contributed by atoms with Gasteiger partial charge in [-0.05, 0) is 34.4 Å². The van der Waals surface area contributed by atoms with Crippen LogP contribution in [-0.2, 0) is 18.9 Å². The molecule has 0 N–H and O–H groups in total. The van der Waals surface area contributed by atoms with E-state index in [4.69, 9.17) is 9.31 Å². The van der Waals surface area contributed by atoms with E-state index in [1.54, 1.807) is 12.2 Å². The Hall–Kier alpha value is -2.76. The maximum absolute atomic E-state index is 12.1. The van der Waals surface area contributed by atoms with Crippen LogP contribution >= 0.6 is 0 Å². The van der Waals surface area contributed by atoms with Crippen LogP contribution in [0.15, 0.2) is 60.7 Å². The molecule has 0 amide bonds. The van der Waals surface area contributed by atoms with Gasteiger partial charge in [-0.2, -0.15) is 0 Å². The molecular weight excluding hydrogens is 315 g/mol. The standard InChI is InChI=1S/C20H14BO4/c22-17-11-9-13-5-1-3-7-15(13)19(17)24-21-25-20-16-8-4-2-6-14(16)10-12-18(20)23/h1-12,19-20H. The molecule has 0 aromatic heterocycles. The van der Waals surface area contributed by atoms with E-state index in [1.807, 2.05) is 48.5 Å². The highest BCUT2D eigenvalue weighted by molar-refractivity contribution is 6.21. The molecule has 2 atom stereocenters. The third-order valence-corrected chi connectivity index (χ3v) is 4.31. The highest BCUT2D eigenvalue weighted by Gasteiger charge is 2.28. The molecule has 0 aliphatic heterocycles. The largest absolute Gasteiger partial charge is 0.489 e. The molecule has 0 saturated carbocycles. The number of carbonyl (C=O) groups is 2. The Morgan fingerprint density at radius 2 is 1.08 bits per heavy atom. The topological polar surface area (TPSA) is 52.6 Å². The van der Waals surface area contributed by atoms with Gasteiger partial charge in [0.15, 0.2) is 11.6 Å². The molecule has 0 saturated heterocycles.